The standard InChI is InChI=1S/C9H8O4S/c1-14(12,13)8-4-2-7(3-5-8)6-9(10)11/h2,4H,6H2,1H3,(H,10,11). The highest BCUT2D eigenvalue weighted by Crippen LogP contribution is 2.05. The summed E-state index contributed by atoms with van der Waals surface area (Å²) < 4.78 is 22.0. The fourth-order valence-electron chi connectivity index (χ4n) is 0.884. The van der Waals surface area contributed by atoms with Gasteiger partial charge in [0.05, 0.1) is 6.42 Å². The minimum absolute atomic E-state index is 0.0200. The monoisotopic (exact) mass is 212 g/mol. The summed E-state index contributed by atoms with van der Waals surface area (Å²) in [6.07, 6.45) is 0.879. The predicted octanol–water partition coefficient (Wildman–Crippen LogP) is 0.318. The molecule has 5 heteroatoms. The van der Waals surface area contributed by atoms with Crippen molar-refractivity contribution in [2.45, 2.75) is 11.3 Å². The fourth-order valence-corrected chi connectivity index (χ4v) is 1.44. The van der Waals surface area contributed by atoms with Gasteiger partial charge in [0, 0.05) is 11.8 Å². The second-order valence-corrected chi connectivity index (χ2v) is 4.80. The summed E-state index contributed by atoms with van der Waals surface area (Å²) in [6, 6.07) is 7.64. The van der Waals surface area contributed by atoms with E-state index in [2.05, 4.69) is 12.1 Å². The number of hydrogen-bond donors (Lipinski definition) is 1. The smallest absolute Gasteiger partial charge is 0.308 e. The van der Waals surface area contributed by atoms with Gasteiger partial charge in [-0.2, -0.15) is 0 Å². The maximum atomic E-state index is 11.0. The Bertz CT molecular complexity index is 430. The van der Waals surface area contributed by atoms with Crippen molar-refractivity contribution < 1.29 is 18.3 Å². The second-order valence-electron chi connectivity index (χ2n) is 2.82. The number of carbonyl (C=O) groups is 1. The first-order valence-electron chi connectivity index (χ1n) is 3.74. The Morgan fingerprint density at radius 2 is 2.07 bits per heavy atom. The highest BCUT2D eigenvalue weighted by molar-refractivity contribution is 7.90. The zero-order valence-electron chi connectivity index (χ0n) is 7.44. The van der Waals surface area contributed by atoms with Crippen LogP contribution in [0, 0.1) is 12.1 Å². The van der Waals surface area contributed by atoms with Gasteiger partial charge in [-0.3, -0.25) is 4.79 Å². The number of carboxylic acids is 1. The molecule has 1 N–H and O–H groups in total. The fraction of sp³-hybridized carbons (Fsp3) is 0.222. The molecule has 1 aromatic carbocycles. The molecule has 14 heavy (non-hydrogen) atoms. The molecule has 0 fully saturated rings. The van der Waals surface area contributed by atoms with E-state index in [9.17, 15) is 13.2 Å². The van der Waals surface area contributed by atoms with Gasteiger partial charge < -0.3 is 5.11 Å². The number of carboxylic acid groups (broad SMARTS) is 1. The molecule has 74 valence electrons. The molecular formula is C9H8O4S. The predicted molar refractivity (Wildman–Crippen MR) is 48.6 cm³/mol. The van der Waals surface area contributed by atoms with Crippen molar-refractivity contribution in [1.29, 1.82) is 0 Å². The van der Waals surface area contributed by atoms with Gasteiger partial charge in [0.2, 0.25) is 0 Å². The molecule has 0 aliphatic carbocycles. The Morgan fingerprint density at radius 1 is 1.43 bits per heavy atom. The first kappa shape index (κ1) is 10.5. The van der Waals surface area contributed by atoms with E-state index in [4.69, 9.17) is 5.11 Å². The van der Waals surface area contributed by atoms with Gasteiger partial charge in [-0.05, 0) is 18.2 Å². The molecule has 0 saturated heterocycles. The summed E-state index contributed by atoms with van der Waals surface area (Å²) >= 11 is 0. The quantitative estimate of drug-likeness (QED) is 0.783. The van der Waals surface area contributed by atoms with Crippen LogP contribution in [-0.2, 0) is 21.1 Å². The van der Waals surface area contributed by atoms with Crippen molar-refractivity contribution in [3.8, 4) is 0 Å². The van der Waals surface area contributed by atoms with Crippen LogP contribution >= 0.6 is 0 Å². The zero-order chi connectivity index (χ0) is 10.8. The van der Waals surface area contributed by atoms with Gasteiger partial charge in [-0.1, -0.05) is 6.07 Å². The zero-order valence-corrected chi connectivity index (χ0v) is 8.26. The molecule has 0 amide bonds. The molecule has 0 spiro atoms. The summed E-state index contributed by atoms with van der Waals surface area (Å²) in [7, 11) is -3.28. The maximum Gasteiger partial charge on any atom is 0.308 e. The van der Waals surface area contributed by atoms with E-state index < -0.39 is 15.8 Å². The Hall–Kier alpha value is -1.54. The third kappa shape index (κ3) is 2.75. The molecule has 0 bridgehead atoms. The van der Waals surface area contributed by atoms with Gasteiger partial charge >= 0.3 is 5.97 Å². The van der Waals surface area contributed by atoms with E-state index in [0.29, 0.717) is 5.56 Å². The van der Waals surface area contributed by atoms with Crippen molar-refractivity contribution in [3.05, 3.63) is 29.8 Å². The average molecular weight is 212 g/mol. The van der Waals surface area contributed by atoms with E-state index in [-0.39, 0.29) is 11.3 Å². The lowest BCUT2D eigenvalue weighted by molar-refractivity contribution is -0.136. The first-order valence-corrected chi connectivity index (χ1v) is 5.63. The normalized spacial score (nSPS) is 10.6. The Kier molecular flexibility index (Phi) is 2.77. The number of hydrogen-bond acceptors (Lipinski definition) is 3. The van der Waals surface area contributed by atoms with Crippen molar-refractivity contribution in [3.63, 3.8) is 0 Å². The molecule has 1 rings (SSSR count). The summed E-state index contributed by atoms with van der Waals surface area (Å²) in [5.74, 6) is -0.984. The van der Waals surface area contributed by atoms with Crippen LogP contribution in [0.25, 0.3) is 0 Å². The van der Waals surface area contributed by atoms with Gasteiger partial charge in [-0.15, -0.1) is 0 Å². The topological polar surface area (TPSA) is 71.4 Å². The van der Waals surface area contributed by atoms with Gasteiger partial charge in [0.25, 0.3) is 0 Å². The molecule has 0 heterocycles. The minimum Gasteiger partial charge on any atom is -0.481 e. The van der Waals surface area contributed by atoms with Crippen molar-refractivity contribution >= 4 is 15.8 Å². The third-order valence-corrected chi connectivity index (χ3v) is 2.56. The Labute approximate surface area is 82.1 Å². The molecule has 0 unspecified atom stereocenters. The minimum atomic E-state index is -3.28. The molecule has 1 aromatic rings. The molecule has 0 atom stereocenters. The molecule has 4 nitrogen and oxygen atoms in total. The van der Waals surface area contributed by atoms with Crippen LogP contribution in [-0.4, -0.2) is 25.7 Å². The number of sulfone groups is 1. The summed E-state index contributed by atoms with van der Waals surface area (Å²) in [5.41, 5.74) is 0.407. The Morgan fingerprint density at radius 3 is 2.43 bits per heavy atom. The number of rotatable bonds is 3. The average Bonchev–Trinajstić information content (AvgIpc) is 2.02. The summed E-state index contributed by atoms with van der Waals surface area (Å²) in [5, 5.41) is 8.44. The van der Waals surface area contributed by atoms with E-state index >= 15 is 0 Å². The van der Waals surface area contributed by atoms with Crippen molar-refractivity contribution in [1.82, 2.24) is 0 Å². The second kappa shape index (κ2) is 3.68. The highest BCUT2D eigenvalue weighted by Gasteiger charge is 2.06. The van der Waals surface area contributed by atoms with Gasteiger partial charge in [-0.25, -0.2) is 8.42 Å². The lowest BCUT2D eigenvalue weighted by atomic mass is 10.2. The Balaban J connectivity index is 2.95. The maximum absolute atomic E-state index is 11.0. The SMILES string of the molecule is CS(=O)(=O)c1c#cc(CC(=O)O)cc1. The van der Waals surface area contributed by atoms with Crippen LogP contribution in [0.2, 0.25) is 0 Å². The lowest BCUT2D eigenvalue weighted by Gasteiger charge is -1.94. The van der Waals surface area contributed by atoms with Crippen LogP contribution in [0.3, 0.4) is 0 Å². The van der Waals surface area contributed by atoms with E-state index in [1.807, 2.05) is 0 Å². The molecule has 0 radical (unpaired) electrons. The van der Waals surface area contributed by atoms with Gasteiger partial charge in [0.15, 0.2) is 9.84 Å². The third-order valence-electron chi connectivity index (χ3n) is 1.52. The number of aliphatic carboxylic acids is 1. The first-order chi connectivity index (χ1) is 6.39. The van der Waals surface area contributed by atoms with Crippen LogP contribution in [0.5, 0.6) is 0 Å². The van der Waals surface area contributed by atoms with Crippen LogP contribution in [0.15, 0.2) is 17.0 Å². The van der Waals surface area contributed by atoms with Crippen LogP contribution in [0.4, 0.5) is 0 Å². The lowest BCUT2D eigenvalue weighted by Crippen LogP contribution is -2.00. The molecule has 0 aromatic heterocycles. The van der Waals surface area contributed by atoms with E-state index in [1.165, 1.54) is 12.1 Å². The molecule has 0 saturated carbocycles. The molecule has 0 aliphatic heterocycles. The van der Waals surface area contributed by atoms with Gasteiger partial charge in [0.1, 0.15) is 4.90 Å². The van der Waals surface area contributed by atoms with Crippen LogP contribution < -0.4 is 0 Å². The van der Waals surface area contributed by atoms with Crippen molar-refractivity contribution in [2.24, 2.45) is 0 Å². The molecule has 0 aliphatic rings. The van der Waals surface area contributed by atoms with E-state index in [0.717, 1.165) is 6.26 Å². The highest BCUT2D eigenvalue weighted by atomic mass is 32.2. The van der Waals surface area contributed by atoms with Crippen LogP contribution in [0.1, 0.15) is 5.56 Å². The molecular weight excluding hydrogens is 204 g/mol. The summed E-state index contributed by atoms with van der Waals surface area (Å²) in [6.45, 7) is 0. The van der Waals surface area contributed by atoms with E-state index in [1.54, 1.807) is 0 Å². The van der Waals surface area contributed by atoms with Crippen molar-refractivity contribution in [2.75, 3.05) is 6.26 Å². The largest absolute Gasteiger partial charge is 0.481 e. The summed E-state index contributed by atoms with van der Waals surface area (Å²) in [4.78, 5) is 10.3.